The zero-order chi connectivity index (χ0) is 15.4. The third-order valence-corrected chi connectivity index (χ3v) is 4.12. The first-order chi connectivity index (χ1) is 10.1. The molecule has 0 aliphatic rings. The number of benzene rings is 1. The molecule has 0 aliphatic carbocycles. The number of hydrazine groups is 1. The van der Waals surface area contributed by atoms with E-state index in [4.69, 9.17) is 26.9 Å². The monoisotopic (exact) mass is 371 g/mol. The minimum Gasteiger partial charge on any atom is -0.495 e. The molecule has 0 fully saturated rings. The first-order valence-corrected chi connectivity index (χ1v) is 7.28. The van der Waals surface area contributed by atoms with Gasteiger partial charge in [-0.15, -0.1) is 0 Å². The standard InChI is InChI=1S/C14H15BrClN3O2/c1-20-10-6-5-8(14(21-2)11(10)15)12(19-17)13-9(16)4-3-7-18-13/h3-7,12,19H,17H2,1-2H3. The van der Waals surface area contributed by atoms with Crippen molar-refractivity contribution >= 4 is 27.5 Å². The second-order valence-corrected chi connectivity index (χ2v) is 5.37. The van der Waals surface area contributed by atoms with Gasteiger partial charge in [0.05, 0.1) is 31.0 Å². The van der Waals surface area contributed by atoms with Gasteiger partial charge in [-0.25, -0.2) is 5.43 Å². The Hall–Kier alpha value is -1.34. The van der Waals surface area contributed by atoms with Crippen molar-refractivity contribution in [3.63, 3.8) is 0 Å². The van der Waals surface area contributed by atoms with Crippen LogP contribution in [-0.2, 0) is 0 Å². The van der Waals surface area contributed by atoms with Gasteiger partial charge in [-0.2, -0.15) is 0 Å². The molecule has 1 aromatic heterocycles. The highest BCUT2D eigenvalue weighted by Crippen LogP contribution is 2.41. The van der Waals surface area contributed by atoms with Crippen LogP contribution < -0.4 is 20.7 Å². The maximum atomic E-state index is 6.21. The summed E-state index contributed by atoms with van der Waals surface area (Å²) < 4.78 is 11.4. The van der Waals surface area contributed by atoms with Crippen LogP contribution in [0.25, 0.3) is 0 Å². The molecule has 0 saturated heterocycles. The van der Waals surface area contributed by atoms with Crippen LogP contribution >= 0.6 is 27.5 Å². The smallest absolute Gasteiger partial charge is 0.142 e. The number of hydrogen-bond acceptors (Lipinski definition) is 5. The van der Waals surface area contributed by atoms with Crippen LogP contribution in [0.3, 0.4) is 0 Å². The van der Waals surface area contributed by atoms with Gasteiger partial charge >= 0.3 is 0 Å². The number of ether oxygens (including phenoxy) is 2. The van der Waals surface area contributed by atoms with E-state index in [9.17, 15) is 0 Å². The number of methoxy groups -OCH3 is 2. The first kappa shape index (κ1) is 16.0. The van der Waals surface area contributed by atoms with Gasteiger partial charge in [-0.3, -0.25) is 10.8 Å². The van der Waals surface area contributed by atoms with Gasteiger partial charge in [-0.05, 0) is 40.2 Å². The summed E-state index contributed by atoms with van der Waals surface area (Å²) in [5, 5.41) is 0.523. The number of pyridine rings is 1. The average Bonchev–Trinajstić information content (AvgIpc) is 2.50. The molecule has 112 valence electrons. The summed E-state index contributed by atoms with van der Waals surface area (Å²) in [6.07, 6.45) is 1.66. The highest BCUT2D eigenvalue weighted by atomic mass is 79.9. The lowest BCUT2D eigenvalue weighted by molar-refractivity contribution is 0.382. The lowest BCUT2D eigenvalue weighted by atomic mass is 10.0. The third kappa shape index (κ3) is 3.13. The normalized spacial score (nSPS) is 12.0. The molecule has 7 heteroatoms. The van der Waals surface area contributed by atoms with E-state index in [0.29, 0.717) is 26.7 Å². The molecule has 1 unspecified atom stereocenters. The first-order valence-electron chi connectivity index (χ1n) is 6.11. The average molecular weight is 373 g/mol. The molecule has 21 heavy (non-hydrogen) atoms. The Morgan fingerprint density at radius 2 is 2.05 bits per heavy atom. The van der Waals surface area contributed by atoms with Crippen molar-refractivity contribution in [1.29, 1.82) is 0 Å². The number of nitrogens with one attached hydrogen (secondary N) is 1. The molecule has 2 aromatic rings. The van der Waals surface area contributed by atoms with Gasteiger partial charge in [-0.1, -0.05) is 11.6 Å². The summed E-state index contributed by atoms with van der Waals surface area (Å²) in [5.41, 5.74) is 4.15. The Morgan fingerprint density at radius 1 is 1.29 bits per heavy atom. The number of rotatable bonds is 5. The molecule has 3 N–H and O–H groups in total. The number of hydrogen-bond donors (Lipinski definition) is 2. The highest BCUT2D eigenvalue weighted by Gasteiger charge is 2.23. The van der Waals surface area contributed by atoms with Crippen LogP contribution in [0.5, 0.6) is 11.5 Å². The Kier molecular flexibility index (Phi) is 5.41. The predicted octanol–water partition coefficient (Wildman–Crippen LogP) is 3.07. The molecule has 1 atom stereocenters. The molecule has 1 aromatic carbocycles. The van der Waals surface area contributed by atoms with Crippen molar-refractivity contribution in [3.8, 4) is 11.5 Å². The fourth-order valence-electron chi connectivity index (χ4n) is 2.07. The van der Waals surface area contributed by atoms with Crippen molar-refractivity contribution in [2.24, 2.45) is 5.84 Å². The molecule has 5 nitrogen and oxygen atoms in total. The molecule has 0 amide bonds. The fraction of sp³-hybridized carbons (Fsp3) is 0.214. The van der Waals surface area contributed by atoms with E-state index in [-0.39, 0.29) is 0 Å². The van der Waals surface area contributed by atoms with Gasteiger partial charge in [0.25, 0.3) is 0 Å². The molecule has 0 bridgehead atoms. The summed E-state index contributed by atoms with van der Waals surface area (Å²) in [5.74, 6) is 6.97. The maximum Gasteiger partial charge on any atom is 0.142 e. The van der Waals surface area contributed by atoms with Crippen molar-refractivity contribution in [2.45, 2.75) is 6.04 Å². The van der Waals surface area contributed by atoms with Crippen LogP contribution in [0.4, 0.5) is 0 Å². The Bertz CT molecular complexity index is 640. The lowest BCUT2D eigenvalue weighted by Crippen LogP contribution is -2.30. The largest absolute Gasteiger partial charge is 0.495 e. The van der Waals surface area contributed by atoms with Crippen LogP contribution in [0.15, 0.2) is 34.9 Å². The molecule has 2 rings (SSSR count). The topological polar surface area (TPSA) is 69.4 Å². The van der Waals surface area contributed by atoms with E-state index in [2.05, 4.69) is 26.3 Å². The second-order valence-electron chi connectivity index (χ2n) is 4.17. The molecule has 0 aliphatic heterocycles. The summed E-state index contributed by atoms with van der Waals surface area (Å²) >= 11 is 9.68. The van der Waals surface area contributed by atoms with Gasteiger partial charge in [0.15, 0.2) is 0 Å². The number of nitrogens with two attached hydrogens (primary N) is 1. The Balaban J connectivity index is 2.58. The van der Waals surface area contributed by atoms with Gasteiger partial charge < -0.3 is 9.47 Å². The summed E-state index contributed by atoms with van der Waals surface area (Å²) in [6, 6.07) is 6.80. The van der Waals surface area contributed by atoms with E-state index in [1.54, 1.807) is 32.5 Å². The fourth-order valence-corrected chi connectivity index (χ4v) is 2.99. The summed E-state index contributed by atoms with van der Waals surface area (Å²) in [4.78, 5) is 4.30. The van der Waals surface area contributed by atoms with Gasteiger partial charge in [0, 0.05) is 11.8 Å². The maximum absolute atomic E-state index is 6.21. The number of nitrogens with zero attached hydrogens (tertiary/aromatic N) is 1. The second kappa shape index (κ2) is 7.09. The van der Waals surface area contributed by atoms with E-state index >= 15 is 0 Å². The highest BCUT2D eigenvalue weighted by molar-refractivity contribution is 9.10. The molecule has 0 spiro atoms. The van der Waals surface area contributed by atoms with Gasteiger partial charge in [0.1, 0.15) is 16.0 Å². The SMILES string of the molecule is COc1ccc(C(NN)c2ncccc2Cl)c(OC)c1Br. The molecule has 1 heterocycles. The van der Waals surface area contributed by atoms with E-state index in [1.807, 2.05) is 12.1 Å². The molecular weight excluding hydrogens is 358 g/mol. The number of aromatic nitrogens is 1. The van der Waals surface area contributed by atoms with Crippen LogP contribution in [0, 0.1) is 0 Å². The van der Waals surface area contributed by atoms with Crippen molar-refractivity contribution in [2.75, 3.05) is 14.2 Å². The number of halogens is 2. The third-order valence-electron chi connectivity index (χ3n) is 3.05. The Morgan fingerprint density at radius 3 is 2.62 bits per heavy atom. The summed E-state index contributed by atoms with van der Waals surface area (Å²) in [6.45, 7) is 0. The minimum absolute atomic E-state index is 0.407. The summed E-state index contributed by atoms with van der Waals surface area (Å²) in [7, 11) is 3.17. The van der Waals surface area contributed by atoms with E-state index in [1.165, 1.54) is 0 Å². The van der Waals surface area contributed by atoms with Crippen LogP contribution in [0.2, 0.25) is 5.02 Å². The molecule has 0 radical (unpaired) electrons. The van der Waals surface area contributed by atoms with E-state index < -0.39 is 6.04 Å². The van der Waals surface area contributed by atoms with Crippen molar-refractivity contribution < 1.29 is 9.47 Å². The van der Waals surface area contributed by atoms with Crippen molar-refractivity contribution in [3.05, 3.63) is 51.2 Å². The lowest BCUT2D eigenvalue weighted by Gasteiger charge is -2.21. The van der Waals surface area contributed by atoms with Crippen molar-refractivity contribution in [1.82, 2.24) is 10.4 Å². The van der Waals surface area contributed by atoms with Gasteiger partial charge in [0.2, 0.25) is 0 Å². The molecule has 0 saturated carbocycles. The van der Waals surface area contributed by atoms with Crippen LogP contribution in [-0.4, -0.2) is 19.2 Å². The Labute approximate surface area is 136 Å². The van der Waals surface area contributed by atoms with E-state index in [0.717, 1.165) is 5.56 Å². The van der Waals surface area contributed by atoms with Crippen LogP contribution in [0.1, 0.15) is 17.3 Å². The zero-order valence-electron chi connectivity index (χ0n) is 11.6. The quantitative estimate of drug-likeness (QED) is 0.623. The molecular formula is C14H15BrClN3O2. The zero-order valence-corrected chi connectivity index (χ0v) is 13.9. The minimum atomic E-state index is -0.407. The predicted molar refractivity (Wildman–Crippen MR) is 85.7 cm³/mol.